The van der Waals surface area contributed by atoms with Crippen LogP contribution in [0.1, 0.15) is 78.6 Å². The van der Waals surface area contributed by atoms with E-state index in [1.165, 1.54) is 51.4 Å². The molecule has 0 aliphatic heterocycles. The second-order valence-corrected chi connectivity index (χ2v) is 13.8. The van der Waals surface area contributed by atoms with E-state index in [0.717, 1.165) is 36.0 Å². The minimum atomic E-state index is -0.819. The lowest BCUT2D eigenvalue weighted by Gasteiger charge is -2.61. The summed E-state index contributed by atoms with van der Waals surface area (Å²) < 4.78 is 12.0. The molecule has 0 amide bonds. The standard InChI is InChI=1S/C29H40O4/c1-15(26(30)33-28(2,3)29-12-16-6-17(13-29)8-18(7-16)14-29)32-27(31)23-11-21-10-22(23)25-20-5-4-19(9-20)24(21)25/h4-5,15-25H,6-14H2,1-3H3. The zero-order chi connectivity index (χ0) is 22.7. The Bertz CT molecular complexity index is 866. The van der Waals surface area contributed by atoms with Crippen LogP contribution in [0.4, 0.5) is 0 Å². The van der Waals surface area contributed by atoms with Crippen LogP contribution in [0.3, 0.4) is 0 Å². The van der Waals surface area contributed by atoms with Crippen molar-refractivity contribution in [1.29, 1.82) is 0 Å². The molecule has 0 N–H and O–H groups in total. The van der Waals surface area contributed by atoms with Crippen LogP contribution in [0.25, 0.3) is 0 Å². The number of fused-ring (bicyclic) bond motifs is 9. The summed E-state index contributed by atoms with van der Waals surface area (Å²) in [4.78, 5) is 26.3. The van der Waals surface area contributed by atoms with E-state index in [9.17, 15) is 9.59 Å². The van der Waals surface area contributed by atoms with Crippen LogP contribution in [-0.2, 0) is 19.1 Å². The summed E-state index contributed by atoms with van der Waals surface area (Å²) in [6.45, 7) is 5.95. The van der Waals surface area contributed by atoms with E-state index in [4.69, 9.17) is 9.47 Å². The fourth-order valence-corrected chi connectivity index (χ4v) is 10.9. The summed E-state index contributed by atoms with van der Waals surface area (Å²) in [7, 11) is 0. The molecule has 0 aromatic heterocycles. The second-order valence-electron chi connectivity index (χ2n) is 13.8. The van der Waals surface area contributed by atoms with Gasteiger partial charge in [0.05, 0.1) is 5.92 Å². The summed E-state index contributed by atoms with van der Waals surface area (Å²) in [6, 6.07) is 0. The first kappa shape index (κ1) is 21.0. The third-order valence-corrected chi connectivity index (χ3v) is 11.9. The van der Waals surface area contributed by atoms with E-state index in [0.29, 0.717) is 23.7 Å². The molecule has 4 heteroatoms. The first-order valence-electron chi connectivity index (χ1n) is 13.8. The molecule has 0 aromatic carbocycles. The van der Waals surface area contributed by atoms with E-state index >= 15 is 0 Å². The highest BCUT2D eigenvalue weighted by Gasteiger charge is 2.63. The predicted octanol–water partition coefficient (Wildman–Crippen LogP) is 5.55. The Kier molecular flexibility index (Phi) is 4.38. The van der Waals surface area contributed by atoms with Gasteiger partial charge in [-0.25, -0.2) is 4.79 Å². The molecule has 0 heterocycles. The highest BCUT2D eigenvalue weighted by Crippen LogP contribution is 2.67. The van der Waals surface area contributed by atoms with Crippen LogP contribution >= 0.6 is 0 Å². The Balaban J connectivity index is 0.998. The van der Waals surface area contributed by atoms with Gasteiger partial charge in [0.25, 0.3) is 0 Å². The minimum Gasteiger partial charge on any atom is -0.456 e. The molecular formula is C29H40O4. The van der Waals surface area contributed by atoms with Crippen molar-refractivity contribution in [1.82, 2.24) is 0 Å². The predicted molar refractivity (Wildman–Crippen MR) is 124 cm³/mol. The number of ether oxygens (including phenoxy) is 2. The number of hydrogen-bond donors (Lipinski definition) is 0. The maximum Gasteiger partial charge on any atom is 0.347 e. The van der Waals surface area contributed by atoms with Crippen LogP contribution in [0.15, 0.2) is 12.2 Å². The lowest BCUT2D eigenvalue weighted by Crippen LogP contribution is -2.58. The molecule has 7 saturated carbocycles. The van der Waals surface area contributed by atoms with Crippen molar-refractivity contribution in [3.8, 4) is 0 Å². The SMILES string of the molecule is CC(OC(=O)C1CC2CC1C1C3C=CC(C3)C21)C(=O)OC(C)(C)C12CC3CC(CC(C3)C1)C2. The first-order valence-corrected chi connectivity index (χ1v) is 13.8. The normalized spacial score (nSPS) is 51.1. The van der Waals surface area contributed by atoms with E-state index in [2.05, 4.69) is 26.0 Å². The molecule has 8 aliphatic carbocycles. The molecule has 33 heavy (non-hydrogen) atoms. The number of hydrogen-bond acceptors (Lipinski definition) is 4. The van der Waals surface area contributed by atoms with Crippen molar-refractivity contribution in [2.24, 2.45) is 64.6 Å². The van der Waals surface area contributed by atoms with Crippen molar-refractivity contribution in [3.05, 3.63) is 12.2 Å². The number of allylic oxidation sites excluding steroid dienone is 2. The molecule has 7 fully saturated rings. The first-order chi connectivity index (χ1) is 15.7. The van der Waals surface area contributed by atoms with Crippen LogP contribution in [0.5, 0.6) is 0 Å². The van der Waals surface area contributed by atoms with Gasteiger partial charge in [-0.1, -0.05) is 12.2 Å². The van der Waals surface area contributed by atoms with E-state index in [1.54, 1.807) is 6.92 Å². The van der Waals surface area contributed by atoms with Crippen LogP contribution in [-0.4, -0.2) is 23.6 Å². The molecule has 0 spiro atoms. The maximum absolute atomic E-state index is 13.2. The molecule has 0 radical (unpaired) electrons. The van der Waals surface area contributed by atoms with Gasteiger partial charge < -0.3 is 9.47 Å². The van der Waals surface area contributed by atoms with Gasteiger partial charge in [0, 0.05) is 5.41 Å². The van der Waals surface area contributed by atoms with Crippen molar-refractivity contribution in [2.45, 2.75) is 90.3 Å². The van der Waals surface area contributed by atoms with Gasteiger partial charge in [-0.3, -0.25) is 4.79 Å². The van der Waals surface area contributed by atoms with Crippen LogP contribution in [0, 0.1) is 64.6 Å². The average Bonchev–Trinajstić information content (AvgIpc) is 3.51. The highest BCUT2D eigenvalue weighted by atomic mass is 16.6. The molecule has 8 rings (SSSR count). The van der Waals surface area contributed by atoms with Gasteiger partial charge >= 0.3 is 11.9 Å². The van der Waals surface area contributed by atoms with E-state index in [1.807, 2.05) is 0 Å². The van der Waals surface area contributed by atoms with Crippen molar-refractivity contribution in [2.75, 3.05) is 0 Å². The van der Waals surface area contributed by atoms with Crippen LogP contribution < -0.4 is 0 Å². The third-order valence-electron chi connectivity index (χ3n) is 11.9. The second kappa shape index (κ2) is 6.88. The minimum absolute atomic E-state index is 0.0181. The summed E-state index contributed by atoms with van der Waals surface area (Å²) in [5.74, 6) is 5.96. The molecule has 8 unspecified atom stereocenters. The lowest BCUT2D eigenvalue weighted by atomic mass is 9.46. The quantitative estimate of drug-likeness (QED) is 0.312. The Labute approximate surface area is 198 Å². The largest absolute Gasteiger partial charge is 0.456 e. The number of rotatable bonds is 5. The highest BCUT2D eigenvalue weighted by molar-refractivity contribution is 5.81. The lowest BCUT2D eigenvalue weighted by molar-refractivity contribution is -0.208. The van der Waals surface area contributed by atoms with Gasteiger partial charge in [-0.15, -0.1) is 0 Å². The number of carbonyl (C=O) groups excluding carboxylic acids is 2. The molecule has 8 bridgehead atoms. The Hall–Kier alpha value is -1.32. The number of carbonyl (C=O) groups is 2. The Morgan fingerprint density at radius 3 is 2.12 bits per heavy atom. The smallest absolute Gasteiger partial charge is 0.347 e. The maximum atomic E-state index is 13.2. The molecule has 8 atom stereocenters. The summed E-state index contributed by atoms with van der Waals surface area (Å²) in [5.41, 5.74) is -0.397. The monoisotopic (exact) mass is 452 g/mol. The summed E-state index contributed by atoms with van der Waals surface area (Å²) in [5, 5.41) is 0. The Morgan fingerprint density at radius 2 is 1.48 bits per heavy atom. The molecule has 8 aliphatic rings. The summed E-state index contributed by atoms with van der Waals surface area (Å²) >= 11 is 0. The molecule has 180 valence electrons. The fraction of sp³-hybridized carbons (Fsp3) is 0.862. The van der Waals surface area contributed by atoms with E-state index < -0.39 is 11.7 Å². The Morgan fingerprint density at radius 1 is 0.879 bits per heavy atom. The van der Waals surface area contributed by atoms with Gasteiger partial charge in [0.2, 0.25) is 0 Å². The average molecular weight is 453 g/mol. The fourth-order valence-electron chi connectivity index (χ4n) is 10.9. The molecule has 0 aromatic rings. The van der Waals surface area contributed by atoms with Crippen molar-refractivity contribution in [3.63, 3.8) is 0 Å². The van der Waals surface area contributed by atoms with Gasteiger partial charge in [-0.05, 0) is 132 Å². The topological polar surface area (TPSA) is 52.6 Å². The van der Waals surface area contributed by atoms with E-state index in [-0.39, 0.29) is 23.3 Å². The van der Waals surface area contributed by atoms with Gasteiger partial charge in [0.15, 0.2) is 6.10 Å². The van der Waals surface area contributed by atoms with Crippen molar-refractivity contribution >= 4 is 11.9 Å². The molecule has 0 saturated heterocycles. The van der Waals surface area contributed by atoms with Gasteiger partial charge in [0.1, 0.15) is 5.60 Å². The number of esters is 2. The van der Waals surface area contributed by atoms with Crippen molar-refractivity contribution < 1.29 is 19.1 Å². The summed E-state index contributed by atoms with van der Waals surface area (Å²) in [6.07, 6.45) is 15.2. The molecular weight excluding hydrogens is 412 g/mol. The van der Waals surface area contributed by atoms with Crippen LogP contribution in [0.2, 0.25) is 0 Å². The van der Waals surface area contributed by atoms with Gasteiger partial charge in [-0.2, -0.15) is 0 Å². The molecule has 4 nitrogen and oxygen atoms in total. The third kappa shape index (κ3) is 2.94. The zero-order valence-corrected chi connectivity index (χ0v) is 20.5. The zero-order valence-electron chi connectivity index (χ0n) is 20.5.